The molecule has 1 aliphatic heterocycles. The summed E-state index contributed by atoms with van der Waals surface area (Å²) >= 11 is 0. The zero-order valence-corrected chi connectivity index (χ0v) is 34.6. The summed E-state index contributed by atoms with van der Waals surface area (Å²) in [5, 5.41) is 6.87. The van der Waals surface area contributed by atoms with Crippen LogP contribution < -0.4 is 10.2 Å². The summed E-state index contributed by atoms with van der Waals surface area (Å²) in [5.41, 5.74) is -0.662. The van der Waals surface area contributed by atoms with Gasteiger partial charge in [-0.15, -0.1) is 0 Å². The van der Waals surface area contributed by atoms with Gasteiger partial charge in [-0.2, -0.15) is 5.10 Å². The third-order valence-corrected chi connectivity index (χ3v) is 9.38. The second-order valence-corrected chi connectivity index (χ2v) is 16.9. The van der Waals surface area contributed by atoms with E-state index in [9.17, 15) is 32.8 Å². The van der Waals surface area contributed by atoms with Crippen molar-refractivity contribution in [3.8, 4) is 17.1 Å². The number of nitrogens with one attached hydrogen (secondary N) is 1. The zero-order valence-electron chi connectivity index (χ0n) is 34.6. The summed E-state index contributed by atoms with van der Waals surface area (Å²) in [7, 11) is 0. The van der Waals surface area contributed by atoms with Crippen molar-refractivity contribution in [2.45, 2.75) is 110 Å². The Morgan fingerprint density at radius 3 is 2.33 bits per heavy atom. The van der Waals surface area contributed by atoms with E-state index in [2.05, 4.69) is 20.4 Å². The van der Waals surface area contributed by atoms with E-state index < -0.39 is 71.7 Å². The first-order chi connectivity index (χ1) is 28.2. The van der Waals surface area contributed by atoms with E-state index in [0.29, 0.717) is 35.1 Å². The fourth-order valence-corrected chi connectivity index (χ4v) is 6.47. The van der Waals surface area contributed by atoms with E-state index in [0.717, 1.165) is 19.1 Å². The summed E-state index contributed by atoms with van der Waals surface area (Å²) < 4.78 is 51.7. The van der Waals surface area contributed by atoms with Crippen molar-refractivity contribution in [3.05, 3.63) is 77.6 Å². The fraction of sp³-hybridized carbons (Fsp3) is 0.476. The first-order valence-corrected chi connectivity index (χ1v) is 19.6. The average molecular weight is 834 g/mol. The van der Waals surface area contributed by atoms with Crippen molar-refractivity contribution in [2.24, 2.45) is 5.92 Å². The smallest absolute Gasteiger partial charge is 0.416 e. The molecule has 1 N–H and O–H groups in total. The van der Waals surface area contributed by atoms with Gasteiger partial charge in [-0.25, -0.2) is 33.0 Å². The van der Waals surface area contributed by atoms with Crippen molar-refractivity contribution < 1.29 is 51.4 Å². The van der Waals surface area contributed by atoms with Crippen LogP contribution in [0.5, 0.6) is 0 Å². The van der Waals surface area contributed by atoms with Crippen LogP contribution in [0.4, 0.5) is 24.2 Å². The molecule has 3 amide bonds. The molecule has 1 aromatic carbocycles. The van der Waals surface area contributed by atoms with Crippen molar-refractivity contribution in [3.63, 3.8) is 0 Å². The quantitative estimate of drug-likeness (QED) is 0.0827. The highest BCUT2D eigenvalue weighted by atomic mass is 19.3. The molecular weight excluding hydrogens is 784 g/mol. The van der Waals surface area contributed by atoms with Crippen LogP contribution in [0.25, 0.3) is 17.1 Å². The summed E-state index contributed by atoms with van der Waals surface area (Å²) in [4.78, 5) is 75.6. The van der Waals surface area contributed by atoms with Crippen LogP contribution in [0, 0.1) is 5.92 Å². The molecule has 2 atom stereocenters. The highest BCUT2D eigenvalue weighted by Crippen LogP contribution is 2.33. The van der Waals surface area contributed by atoms with Gasteiger partial charge in [0.15, 0.2) is 5.78 Å². The number of halogens is 2. The molecule has 0 radical (unpaired) electrons. The maximum absolute atomic E-state index is 14.2. The number of Topliss-reactive ketones (excluding diaryl/α,β-unsaturated/α-hetero) is 1. The number of hydrogen-bond acceptors (Lipinski definition) is 12. The zero-order chi connectivity index (χ0) is 43.5. The van der Waals surface area contributed by atoms with Crippen LogP contribution in [-0.2, 0) is 36.8 Å². The molecular formula is C42H49F2N7O9. The first-order valence-electron chi connectivity index (χ1n) is 19.6. The Labute approximate surface area is 345 Å². The molecule has 6 rings (SSSR count). The van der Waals surface area contributed by atoms with E-state index >= 15 is 0 Å². The normalized spacial score (nSPS) is 16.7. The number of carbonyl (C=O) groups is 5. The number of benzene rings is 1. The van der Waals surface area contributed by atoms with E-state index in [4.69, 9.17) is 18.6 Å². The van der Waals surface area contributed by atoms with E-state index in [-0.39, 0.29) is 36.7 Å². The van der Waals surface area contributed by atoms with Crippen molar-refractivity contribution in [2.75, 3.05) is 18.0 Å². The molecule has 1 saturated heterocycles. The number of pyridine rings is 1. The number of hydrogen-bond donors (Lipinski definition) is 1. The topological polar surface area (TPSA) is 188 Å². The second kappa shape index (κ2) is 17.6. The van der Waals surface area contributed by atoms with E-state index in [1.165, 1.54) is 33.8 Å². The monoisotopic (exact) mass is 833 g/mol. The number of alkyl halides is 2. The minimum Gasteiger partial charge on any atom is -0.461 e. The Morgan fingerprint density at radius 2 is 1.70 bits per heavy atom. The van der Waals surface area contributed by atoms with Crippen LogP contribution >= 0.6 is 0 Å². The molecule has 0 bridgehead atoms. The molecule has 3 aromatic heterocycles. The number of rotatable bonds is 13. The van der Waals surface area contributed by atoms with Gasteiger partial charge >= 0.3 is 18.2 Å². The molecule has 16 nitrogen and oxygen atoms in total. The lowest BCUT2D eigenvalue weighted by Gasteiger charge is -2.27. The molecule has 1 aliphatic carbocycles. The van der Waals surface area contributed by atoms with Crippen LogP contribution in [0.1, 0.15) is 101 Å². The molecule has 18 heteroatoms. The second-order valence-electron chi connectivity index (χ2n) is 16.9. The van der Waals surface area contributed by atoms with Crippen LogP contribution in [0.2, 0.25) is 0 Å². The number of likely N-dealkylation sites (tertiary alicyclic amines) is 1. The highest BCUT2D eigenvalue weighted by molar-refractivity contribution is 5.96. The van der Waals surface area contributed by atoms with Crippen molar-refractivity contribution in [1.29, 1.82) is 0 Å². The molecule has 2 fully saturated rings. The van der Waals surface area contributed by atoms with Gasteiger partial charge in [0.25, 0.3) is 6.43 Å². The predicted molar refractivity (Wildman–Crippen MR) is 211 cm³/mol. The minimum atomic E-state index is -2.98. The third-order valence-electron chi connectivity index (χ3n) is 9.38. The molecule has 60 heavy (non-hydrogen) atoms. The number of ether oxygens (including phenoxy) is 3. The number of oxazole rings is 1. The Balaban J connectivity index is 1.10. The van der Waals surface area contributed by atoms with Crippen molar-refractivity contribution >= 4 is 35.7 Å². The molecule has 4 heterocycles. The van der Waals surface area contributed by atoms with Gasteiger partial charge in [-0.3, -0.25) is 24.2 Å². The molecule has 320 valence electrons. The van der Waals surface area contributed by atoms with E-state index in [1.807, 2.05) is 0 Å². The van der Waals surface area contributed by atoms with Crippen molar-refractivity contribution in [1.82, 2.24) is 30.0 Å². The summed E-state index contributed by atoms with van der Waals surface area (Å²) in [6.45, 7) is 12.2. The van der Waals surface area contributed by atoms with Crippen LogP contribution in [0.3, 0.4) is 0 Å². The number of ketones is 1. The predicted octanol–water partition coefficient (Wildman–Crippen LogP) is 6.99. The summed E-state index contributed by atoms with van der Waals surface area (Å²) in [5.74, 6) is -0.837. The Kier molecular flexibility index (Phi) is 12.7. The van der Waals surface area contributed by atoms with Gasteiger partial charge in [0.2, 0.25) is 11.8 Å². The number of amides is 3. The van der Waals surface area contributed by atoms with Gasteiger partial charge < -0.3 is 23.9 Å². The van der Waals surface area contributed by atoms with Gasteiger partial charge in [-0.1, -0.05) is 12.1 Å². The number of anilines is 1. The largest absolute Gasteiger partial charge is 0.461 e. The molecule has 0 spiro atoms. The molecule has 2 aliphatic rings. The Morgan fingerprint density at radius 1 is 1.00 bits per heavy atom. The number of esters is 1. The standard InChI is InChI=1S/C42H49F2N7O9/c1-24(52)58-30-18-32(49(22-30)39(55)59-41(2,3)4)37(54)46-19-25-10-12-29(13-11-25)51-21-28(35(48-51)36(43)44)16-33(53)31-23-57-38(47-31)27-14-15-45-34(17-27)50(20-26-8-9-26)40(56)60-42(5,6)7/h10-15,17,21,23,26,30,32,36H,8-9,16,18-20,22H2,1-7H3,(H,46,54)/t30-,32+/m1/s1. The third kappa shape index (κ3) is 11.3. The van der Waals surface area contributed by atoms with Gasteiger partial charge in [0, 0.05) is 56.4 Å². The Hall–Kier alpha value is -6.20. The minimum absolute atomic E-state index is 0.00328. The van der Waals surface area contributed by atoms with Crippen LogP contribution in [-0.4, -0.2) is 90.9 Å². The Bertz CT molecular complexity index is 2220. The maximum Gasteiger partial charge on any atom is 0.416 e. The molecule has 4 aromatic rings. The number of nitrogens with zero attached hydrogens (tertiary/aromatic N) is 6. The maximum atomic E-state index is 14.2. The van der Waals surface area contributed by atoms with E-state index in [1.54, 1.807) is 77.9 Å². The highest BCUT2D eigenvalue weighted by Gasteiger charge is 2.43. The summed E-state index contributed by atoms with van der Waals surface area (Å²) in [6, 6.07) is 8.88. The van der Waals surface area contributed by atoms with Gasteiger partial charge in [-0.05, 0) is 90.1 Å². The number of aromatic nitrogens is 4. The lowest BCUT2D eigenvalue weighted by Crippen LogP contribution is -2.47. The molecule has 0 unspecified atom stereocenters. The van der Waals surface area contributed by atoms with Gasteiger partial charge in [0.1, 0.15) is 46.8 Å². The first kappa shape index (κ1) is 43.4. The SMILES string of the molecule is CC(=O)O[C@@H]1C[C@@H](C(=O)NCc2ccc(-n3cc(CC(=O)c4coc(-c5ccnc(N(CC6CC6)C(=O)OC(C)(C)C)c5)n4)c(C(F)F)n3)cc2)N(C(=O)OC(C)(C)C)C1. The van der Waals surface area contributed by atoms with Crippen LogP contribution in [0.15, 0.2) is 59.5 Å². The average Bonchev–Trinajstić information content (AvgIpc) is 3.49. The fourth-order valence-electron chi connectivity index (χ4n) is 6.47. The molecule has 1 saturated carbocycles. The van der Waals surface area contributed by atoms with Gasteiger partial charge in [0.05, 0.1) is 12.2 Å². The summed E-state index contributed by atoms with van der Waals surface area (Å²) in [6.07, 6.45) is 0.741. The lowest BCUT2D eigenvalue weighted by molar-refractivity contribution is -0.145. The number of carbonyl (C=O) groups excluding carboxylic acids is 5. The lowest BCUT2D eigenvalue weighted by atomic mass is 10.1.